The van der Waals surface area contributed by atoms with E-state index in [0.717, 1.165) is 83.7 Å². The smallest absolute Gasteiger partial charge is 0.140 e. The van der Waals surface area contributed by atoms with Crippen molar-refractivity contribution in [3.8, 4) is 67.8 Å². The number of ether oxygens (including phenoxy) is 2. The van der Waals surface area contributed by atoms with E-state index in [1.165, 1.54) is 0 Å². The van der Waals surface area contributed by atoms with Gasteiger partial charge in [-0.3, -0.25) is 9.97 Å². The highest BCUT2D eigenvalue weighted by Crippen LogP contribution is 2.59. The molecule has 0 amide bonds. The van der Waals surface area contributed by atoms with Gasteiger partial charge in [0, 0.05) is 34.1 Å². The van der Waals surface area contributed by atoms with Gasteiger partial charge in [-0.2, -0.15) is 0 Å². The Labute approximate surface area is 272 Å². The Bertz CT molecular complexity index is 2200. The minimum absolute atomic E-state index is 0.770. The van der Waals surface area contributed by atoms with Gasteiger partial charge in [0.15, 0.2) is 0 Å². The average Bonchev–Trinajstić information content (AvgIpc) is 3.12. The molecule has 0 saturated heterocycles. The van der Waals surface area contributed by atoms with Crippen LogP contribution >= 0.6 is 6.04 Å². The molecule has 5 aromatic carbocycles. The summed E-state index contributed by atoms with van der Waals surface area (Å²) < 4.78 is 13.1. The molecule has 0 atom stereocenters. The van der Waals surface area contributed by atoms with Crippen molar-refractivity contribution in [3.63, 3.8) is 0 Å². The molecule has 0 spiro atoms. The van der Waals surface area contributed by atoms with Crippen LogP contribution in [-0.4, -0.2) is 9.97 Å². The lowest BCUT2D eigenvalue weighted by Gasteiger charge is -2.37. The standard InChI is InChI=1S/C40H25N2O2PS/c46-45-38-24-28(26-8-5-10-30(22-26)32-12-1-3-20-41-32)16-18-34(38)43-36-14-7-15-37(40(36)45)44-35-19-17-29(25-39(35)45)27-9-6-11-31(23-27)33-13-2-4-21-42-33/h1-25H. The second kappa shape index (κ2) is 10.6. The van der Waals surface area contributed by atoms with Crippen molar-refractivity contribution in [2.45, 2.75) is 0 Å². The molecule has 0 aliphatic carbocycles. The van der Waals surface area contributed by atoms with E-state index in [2.05, 4.69) is 94.9 Å². The molecule has 2 aromatic heterocycles. The summed E-state index contributed by atoms with van der Waals surface area (Å²) in [5, 5.41) is 3.04. The number of nitrogens with zero attached hydrogens (tertiary/aromatic N) is 2. The van der Waals surface area contributed by atoms with Crippen LogP contribution in [0.3, 0.4) is 0 Å². The van der Waals surface area contributed by atoms with Crippen LogP contribution in [0.25, 0.3) is 44.8 Å². The van der Waals surface area contributed by atoms with Crippen LogP contribution < -0.4 is 25.4 Å². The Morgan fingerprint density at radius 2 is 0.870 bits per heavy atom. The van der Waals surface area contributed by atoms with Gasteiger partial charge in [0.1, 0.15) is 23.0 Å². The maximum atomic E-state index is 6.91. The normalized spacial score (nSPS) is 13.4. The van der Waals surface area contributed by atoms with Gasteiger partial charge in [0.05, 0.1) is 22.7 Å². The first-order chi connectivity index (χ1) is 22.6. The number of aromatic nitrogens is 2. The number of hydrogen-bond acceptors (Lipinski definition) is 5. The summed E-state index contributed by atoms with van der Waals surface area (Å²) in [6, 6.07) is 45.2. The van der Waals surface area contributed by atoms with Crippen molar-refractivity contribution in [2.24, 2.45) is 0 Å². The Morgan fingerprint density at radius 1 is 0.413 bits per heavy atom. The third-order valence-corrected chi connectivity index (χ3v) is 13.5. The first-order valence-corrected chi connectivity index (χ1v) is 17.9. The molecule has 0 saturated carbocycles. The SMILES string of the molecule is S=P12c3cc(-c4cccc(-c5ccccn5)c4)ccc3Oc3cccc(c31)Oc1ccc(-c3cccc(-c4ccccn4)c3)cc12. The van der Waals surface area contributed by atoms with Crippen LogP contribution in [0.2, 0.25) is 0 Å². The summed E-state index contributed by atoms with van der Waals surface area (Å²) >= 11 is 6.91. The number of benzene rings is 5. The summed E-state index contributed by atoms with van der Waals surface area (Å²) in [5.74, 6) is 3.14. The van der Waals surface area contributed by atoms with Gasteiger partial charge < -0.3 is 9.47 Å². The average molecular weight is 629 g/mol. The van der Waals surface area contributed by atoms with E-state index in [0.29, 0.717) is 0 Å². The fraction of sp³-hybridized carbons (Fsp3) is 0. The first-order valence-electron chi connectivity index (χ1n) is 15.1. The lowest BCUT2D eigenvalue weighted by atomic mass is 10.0. The summed E-state index contributed by atoms with van der Waals surface area (Å²) in [7, 11) is 0. The largest absolute Gasteiger partial charge is 0.456 e. The zero-order chi connectivity index (χ0) is 30.7. The molecule has 0 fully saturated rings. The van der Waals surface area contributed by atoms with Crippen LogP contribution in [0.5, 0.6) is 23.0 Å². The maximum Gasteiger partial charge on any atom is 0.140 e. The molecule has 0 unspecified atom stereocenters. The molecule has 0 bridgehead atoms. The summed E-state index contributed by atoms with van der Waals surface area (Å²) in [6.45, 7) is 0. The lowest BCUT2D eigenvalue weighted by molar-refractivity contribution is 0.466. The van der Waals surface area contributed by atoms with E-state index in [4.69, 9.17) is 21.3 Å². The molecule has 0 radical (unpaired) electrons. The van der Waals surface area contributed by atoms with Gasteiger partial charge in [-0.1, -0.05) is 78.5 Å². The molecule has 6 heteroatoms. The fourth-order valence-electron chi connectivity index (χ4n) is 6.43. The predicted molar refractivity (Wildman–Crippen MR) is 190 cm³/mol. The highest BCUT2D eigenvalue weighted by molar-refractivity contribution is 8.26. The van der Waals surface area contributed by atoms with Gasteiger partial charge >= 0.3 is 0 Å². The van der Waals surface area contributed by atoms with Crippen LogP contribution in [0.1, 0.15) is 0 Å². The van der Waals surface area contributed by atoms with Crippen molar-refractivity contribution >= 4 is 33.8 Å². The maximum absolute atomic E-state index is 6.91. The van der Waals surface area contributed by atoms with Crippen molar-refractivity contribution in [1.29, 1.82) is 0 Å². The minimum Gasteiger partial charge on any atom is -0.456 e. The predicted octanol–water partition coefficient (Wildman–Crippen LogP) is 9.11. The van der Waals surface area contributed by atoms with E-state index in [9.17, 15) is 0 Å². The van der Waals surface area contributed by atoms with Crippen LogP contribution in [0.15, 0.2) is 152 Å². The van der Waals surface area contributed by atoms with Crippen molar-refractivity contribution < 1.29 is 9.47 Å². The third-order valence-electron chi connectivity index (χ3n) is 8.63. The molecule has 218 valence electrons. The van der Waals surface area contributed by atoms with Gasteiger partial charge in [-0.15, -0.1) is 0 Å². The first kappa shape index (κ1) is 27.0. The van der Waals surface area contributed by atoms with Crippen LogP contribution in [0.4, 0.5) is 0 Å². The highest BCUT2D eigenvalue weighted by Gasteiger charge is 2.42. The Balaban J connectivity index is 1.21. The molecule has 2 aliphatic rings. The molecular weight excluding hydrogens is 603 g/mol. The fourth-order valence-corrected chi connectivity index (χ4v) is 10.9. The molecule has 2 aliphatic heterocycles. The number of pyridine rings is 2. The second-order valence-corrected chi connectivity index (χ2v) is 15.6. The van der Waals surface area contributed by atoms with Gasteiger partial charge in [-0.05, 0) is 95.1 Å². The highest BCUT2D eigenvalue weighted by atomic mass is 32.4. The number of hydrogen-bond donors (Lipinski definition) is 0. The van der Waals surface area contributed by atoms with Crippen molar-refractivity contribution in [3.05, 3.63) is 152 Å². The Morgan fingerprint density at radius 3 is 1.35 bits per heavy atom. The molecule has 7 aromatic rings. The van der Waals surface area contributed by atoms with E-state index in [1.807, 2.05) is 67.0 Å². The van der Waals surface area contributed by atoms with E-state index >= 15 is 0 Å². The van der Waals surface area contributed by atoms with E-state index in [-0.39, 0.29) is 0 Å². The molecule has 4 heterocycles. The topological polar surface area (TPSA) is 44.2 Å². The number of rotatable bonds is 4. The lowest BCUT2D eigenvalue weighted by Crippen LogP contribution is -2.35. The number of fused-ring (bicyclic) bond motifs is 4. The van der Waals surface area contributed by atoms with Crippen molar-refractivity contribution in [1.82, 2.24) is 9.97 Å². The zero-order valence-electron chi connectivity index (χ0n) is 24.5. The van der Waals surface area contributed by atoms with Crippen molar-refractivity contribution in [2.75, 3.05) is 0 Å². The molecule has 0 N–H and O–H groups in total. The van der Waals surface area contributed by atoms with Gasteiger partial charge in [0.2, 0.25) is 0 Å². The second-order valence-electron chi connectivity index (χ2n) is 11.4. The van der Waals surface area contributed by atoms with Crippen LogP contribution in [0, 0.1) is 0 Å². The Kier molecular flexibility index (Phi) is 6.24. The Hall–Kier alpha value is -5.35. The van der Waals surface area contributed by atoms with Crippen LogP contribution in [-0.2, 0) is 11.8 Å². The third kappa shape index (κ3) is 4.32. The summed E-state index contributed by atoms with van der Waals surface area (Å²) in [6.07, 6.45) is 3.65. The monoisotopic (exact) mass is 628 g/mol. The molecule has 46 heavy (non-hydrogen) atoms. The van der Waals surface area contributed by atoms with E-state index < -0.39 is 6.04 Å². The molecular formula is C40H25N2O2PS. The van der Waals surface area contributed by atoms with Gasteiger partial charge in [0.25, 0.3) is 0 Å². The quantitative estimate of drug-likeness (QED) is 0.182. The minimum atomic E-state index is -2.59. The molecule has 9 rings (SSSR count). The zero-order valence-corrected chi connectivity index (χ0v) is 26.2. The van der Waals surface area contributed by atoms with E-state index in [1.54, 1.807) is 0 Å². The summed E-state index contributed by atoms with van der Waals surface area (Å²) in [4.78, 5) is 9.13. The summed E-state index contributed by atoms with van der Waals surface area (Å²) in [5.41, 5.74) is 8.37. The van der Waals surface area contributed by atoms with Gasteiger partial charge in [-0.25, -0.2) is 0 Å². The molecule has 4 nitrogen and oxygen atoms in total.